The van der Waals surface area contributed by atoms with Crippen molar-refractivity contribution in [1.82, 2.24) is 19.5 Å². The van der Waals surface area contributed by atoms with Crippen LogP contribution in [0, 0.1) is 0 Å². The first-order chi connectivity index (χ1) is 12.9. The SMILES string of the molecule is c1ccc(-c2nc3sc(-c4cccs4)nn3c2CN2CCOCC2)cc1. The summed E-state index contributed by atoms with van der Waals surface area (Å²) < 4.78 is 7.54. The van der Waals surface area contributed by atoms with Crippen LogP contribution in [0.5, 0.6) is 0 Å². The first-order valence-electron chi connectivity index (χ1n) is 8.66. The normalized spacial score (nSPS) is 15.7. The summed E-state index contributed by atoms with van der Waals surface area (Å²) in [6.45, 7) is 4.31. The first kappa shape index (κ1) is 16.1. The van der Waals surface area contributed by atoms with Crippen molar-refractivity contribution < 1.29 is 4.74 Å². The zero-order valence-electron chi connectivity index (χ0n) is 14.2. The summed E-state index contributed by atoms with van der Waals surface area (Å²) in [6.07, 6.45) is 0. The van der Waals surface area contributed by atoms with Gasteiger partial charge in [0.1, 0.15) is 0 Å². The second kappa shape index (κ2) is 6.92. The Morgan fingerprint density at radius 3 is 2.65 bits per heavy atom. The monoisotopic (exact) mass is 382 g/mol. The standard InChI is InChI=1S/C19H18N4OS2/c1-2-5-14(6-3-1)17-15(13-22-8-10-24-11-9-22)23-19(20-17)26-18(21-23)16-7-4-12-25-16/h1-7,12H,8-11,13H2. The molecule has 1 aliphatic heterocycles. The average Bonchev–Trinajstić information content (AvgIpc) is 3.40. The molecule has 0 unspecified atom stereocenters. The number of hydrogen-bond donors (Lipinski definition) is 0. The topological polar surface area (TPSA) is 42.7 Å². The van der Waals surface area contributed by atoms with Crippen molar-refractivity contribution in [3.8, 4) is 21.1 Å². The number of rotatable bonds is 4. The molecule has 1 fully saturated rings. The minimum atomic E-state index is 0.792. The van der Waals surface area contributed by atoms with Gasteiger partial charge in [0, 0.05) is 25.2 Å². The van der Waals surface area contributed by atoms with E-state index in [1.807, 2.05) is 10.6 Å². The Hall–Kier alpha value is -2.06. The van der Waals surface area contributed by atoms with Gasteiger partial charge >= 0.3 is 0 Å². The van der Waals surface area contributed by atoms with Crippen LogP contribution >= 0.6 is 22.7 Å². The van der Waals surface area contributed by atoms with Crippen LogP contribution in [0.4, 0.5) is 0 Å². The molecule has 1 saturated heterocycles. The summed E-state index contributed by atoms with van der Waals surface area (Å²) in [7, 11) is 0. The Balaban J connectivity index is 1.61. The summed E-state index contributed by atoms with van der Waals surface area (Å²) in [4.78, 5) is 9.51. The Bertz CT molecular complexity index is 1000. The van der Waals surface area contributed by atoms with Gasteiger partial charge in [0.25, 0.3) is 0 Å². The smallest absolute Gasteiger partial charge is 0.213 e. The second-order valence-corrected chi connectivity index (χ2v) is 8.14. The highest BCUT2D eigenvalue weighted by Gasteiger charge is 2.22. The lowest BCUT2D eigenvalue weighted by molar-refractivity contribution is 0.0335. The maximum Gasteiger partial charge on any atom is 0.213 e. The molecule has 0 atom stereocenters. The Kier molecular flexibility index (Phi) is 4.30. The molecule has 132 valence electrons. The number of ether oxygens (including phenoxy) is 1. The lowest BCUT2D eigenvalue weighted by Crippen LogP contribution is -2.36. The number of nitrogens with zero attached hydrogens (tertiary/aromatic N) is 4. The molecule has 1 aromatic carbocycles. The Labute approximate surface area is 159 Å². The van der Waals surface area contributed by atoms with Crippen molar-refractivity contribution in [2.24, 2.45) is 0 Å². The minimum absolute atomic E-state index is 0.792. The molecule has 0 radical (unpaired) electrons. The van der Waals surface area contributed by atoms with E-state index in [-0.39, 0.29) is 0 Å². The molecule has 5 nitrogen and oxygen atoms in total. The highest BCUT2D eigenvalue weighted by molar-refractivity contribution is 7.23. The van der Waals surface area contributed by atoms with Crippen LogP contribution in [0.3, 0.4) is 0 Å². The highest BCUT2D eigenvalue weighted by atomic mass is 32.1. The number of morpholine rings is 1. The van der Waals surface area contributed by atoms with Gasteiger partial charge in [0.2, 0.25) is 4.96 Å². The molecule has 0 bridgehead atoms. The molecular weight excluding hydrogens is 364 g/mol. The number of imidazole rings is 1. The fraction of sp³-hybridized carbons (Fsp3) is 0.263. The highest BCUT2D eigenvalue weighted by Crippen LogP contribution is 2.33. The van der Waals surface area contributed by atoms with E-state index in [0.717, 1.165) is 59.8 Å². The van der Waals surface area contributed by atoms with E-state index < -0.39 is 0 Å². The molecule has 5 rings (SSSR count). The average molecular weight is 383 g/mol. The predicted molar refractivity (Wildman–Crippen MR) is 106 cm³/mol. The van der Waals surface area contributed by atoms with Crippen molar-refractivity contribution >= 4 is 27.6 Å². The fourth-order valence-corrected chi connectivity index (χ4v) is 4.94. The van der Waals surface area contributed by atoms with E-state index in [4.69, 9.17) is 14.8 Å². The molecular formula is C19H18N4OS2. The van der Waals surface area contributed by atoms with Crippen LogP contribution in [0.15, 0.2) is 47.8 Å². The van der Waals surface area contributed by atoms with Crippen LogP contribution in [0.25, 0.3) is 26.1 Å². The number of aromatic nitrogens is 3. The van der Waals surface area contributed by atoms with Crippen LogP contribution in [-0.4, -0.2) is 45.8 Å². The molecule has 7 heteroatoms. The van der Waals surface area contributed by atoms with Crippen LogP contribution in [-0.2, 0) is 11.3 Å². The second-order valence-electron chi connectivity index (χ2n) is 6.24. The number of thiophene rings is 1. The van der Waals surface area contributed by atoms with Gasteiger partial charge < -0.3 is 4.74 Å². The molecule has 26 heavy (non-hydrogen) atoms. The van der Waals surface area contributed by atoms with E-state index in [2.05, 4.69) is 46.7 Å². The number of fused-ring (bicyclic) bond motifs is 1. The molecule has 1 aliphatic rings. The van der Waals surface area contributed by atoms with Crippen molar-refractivity contribution in [1.29, 1.82) is 0 Å². The zero-order chi connectivity index (χ0) is 17.3. The van der Waals surface area contributed by atoms with Gasteiger partial charge in [0.15, 0.2) is 5.01 Å². The van der Waals surface area contributed by atoms with E-state index in [9.17, 15) is 0 Å². The lowest BCUT2D eigenvalue weighted by Gasteiger charge is -2.26. The van der Waals surface area contributed by atoms with Crippen LogP contribution < -0.4 is 0 Å². The predicted octanol–water partition coefficient (Wildman–Crippen LogP) is 4.02. The molecule has 4 heterocycles. The molecule has 0 saturated carbocycles. The van der Waals surface area contributed by atoms with E-state index in [1.54, 1.807) is 22.7 Å². The zero-order valence-corrected chi connectivity index (χ0v) is 15.8. The third kappa shape index (κ3) is 2.97. The quantitative estimate of drug-likeness (QED) is 0.535. The van der Waals surface area contributed by atoms with Crippen LogP contribution in [0.2, 0.25) is 0 Å². The van der Waals surface area contributed by atoms with E-state index in [1.165, 1.54) is 4.88 Å². The van der Waals surface area contributed by atoms with Gasteiger partial charge in [-0.05, 0) is 11.4 Å². The van der Waals surface area contributed by atoms with Gasteiger partial charge in [-0.15, -0.1) is 11.3 Å². The molecule has 3 aromatic heterocycles. The fourth-order valence-electron chi connectivity index (χ4n) is 3.23. The maximum absolute atomic E-state index is 5.50. The van der Waals surface area contributed by atoms with Crippen molar-refractivity contribution in [2.75, 3.05) is 26.3 Å². The molecule has 0 amide bonds. The Morgan fingerprint density at radius 2 is 1.88 bits per heavy atom. The molecule has 0 N–H and O–H groups in total. The van der Waals surface area contributed by atoms with Crippen molar-refractivity contribution in [2.45, 2.75) is 6.54 Å². The van der Waals surface area contributed by atoms with E-state index in [0.29, 0.717) is 0 Å². The maximum atomic E-state index is 5.50. The van der Waals surface area contributed by atoms with Gasteiger partial charge in [-0.3, -0.25) is 4.90 Å². The van der Waals surface area contributed by atoms with Crippen LogP contribution in [0.1, 0.15) is 5.69 Å². The summed E-state index contributed by atoms with van der Waals surface area (Å²) in [5, 5.41) is 8.01. The van der Waals surface area contributed by atoms with Crippen molar-refractivity contribution in [3.05, 3.63) is 53.5 Å². The number of benzene rings is 1. The largest absolute Gasteiger partial charge is 0.379 e. The third-order valence-corrected chi connectivity index (χ3v) is 6.50. The Morgan fingerprint density at radius 1 is 1.04 bits per heavy atom. The number of hydrogen-bond acceptors (Lipinski definition) is 6. The van der Waals surface area contributed by atoms with Gasteiger partial charge in [-0.2, -0.15) is 5.10 Å². The lowest BCUT2D eigenvalue weighted by atomic mass is 10.1. The summed E-state index contributed by atoms with van der Waals surface area (Å²) in [6, 6.07) is 14.6. The first-order valence-corrected chi connectivity index (χ1v) is 10.4. The molecule has 0 aliphatic carbocycles. The van der Waals surface area contributed by atoms with Gasteiger partial charge in [0.05, 0.1) is 29.5 Å². The summed E-state index contributed by atoms with van der Waals surface area (Å²) in [5.74, 6) is 0. The van der Waals surface area contributed by atoms with Gasteiger partial charge in [-0.1, -0.05) is 47.7 Å². The third-order valence-electron chi connectivity index (χ3n) is 4.55. The van der Waals surface area contributed by atoms with E-state index >= 15 is 0 Å². The van der Waals surface area contributed by atoms with Crippen molar-refractivity contribution in [3.63, 3.8) is 0 Å². The molecule has 0 spiro atoms. The minimum Gasteiger partial charge on any atom is -0.379 e. The van der Waals surface area contributed by atoms with Gasteiger partial charge in [-0.25, -0.2) is 9.50 Å². The molecule has 4 aromatic rings. The summed E-state index contributed by atoms with van der Waals surface area (Å²) >= 11 is 3.37. The summed E-state index contributed by atoms with van der Waals surface area (Å²) in [5.41, 5.74) is 3.34.